The summed E-state index contributed by atoms with van der Waals surface area (Å²) in [7, 11) is 0. The number of thioether (sulfide) groups is 1. The second-order valence-corrected chi connectivity index (χ2v) is 12.8. The molecule has 0 aliphatic carbocycles. The SMILES string of the molecule is CC(C)CCCCCCCCCCOC(=O)CCSCCC(=O)OCCCCCCCCCCC(C)C. The number of carbonyl (C=O) groups is 2. The van der Waals surface area contributed by atoms with Crippen LogP contribution in [0.4, 0.5) is 0 Å². The van der Waals surface area contributed by atoms with Gasteiger partial charge >= 0.3 is 11.9 Å². The Bertz CT molecular complexity index is 463. The number of hydrogen-bond acceptors (Lipinski definition) is 5. The fourth-order valence-electron chi connectivity index (χ4n) is 4.36. The topological polar surface area (TPSA) is 52.6 Å². The first-order valence-electron chi connectivity index (χ1n) is 15.8. The molecule has 0 rings (SSSR count). The van der Waals surface area contributed by atoms with Crippen LogP contribution in [0.15, 0.2) is 0 Å². The van der Waals surface area contributed by atoms with Crippen LogP contribution in [0.25, 0.3) is 0 Å². The molecule has 0 aromatic carbocycles. The predicted octanol–water partition coefficient (Wildman–Crippen LogP) is 9.92. The molecule has 0 N–H and O–H groups in total. The quantitative estimate of drug-likeness (QED) is 0.0727. The fraction of sp³-hybridized carbons (Fsp3) is 0.938. The number of carbonyl (C=O) groups excluding carboxylic acids is 2. The minimum atomic E-state index is -0.115. The second kappa shape index (κ2) is 28.3. The van der Waals surface area contributed by atoms with Gasteiger partial charge in [0.25, 0.3) is 0 Å². The standard InChI is InChI=1S/C32H62O4S/c1-29(2)21-17-13-9-5-7-11-15-19-25-35-31(33)23-27-37-28-24-32(34)36-26-20-16-12-8-6-10-14-18-22-30(3)4/h29-30H,5-28H2,1-4H3. The van der Waals surface area contributed by atoms with Gasteiger partial charge in [-0.1, -0.05) is 130 Å². The highest BCUT2D eigenvalue weighted by molar-refractivity contribution is 7.99. The first-order valence-corrected chi connectivity index (χ1v) is 17.0. The molecule has 0 aliphatic rings. The maximum absolute atomic E-state index is 11.8. The van der Waals surface area contributed by atoms with E-state index in [2.05, 4.69) is 27.7 Å². The van der Waals surface area contributed by atoms with E-state index in [1.807, 2.05) is 0 Å². The van der Waals surface area contributed by atoms with Gasteiger partial charge in [0, 0.05) is 11.5 Å². The molecule has 0 heterocycles. The molecule has 0 saturated heterocycles. The molecule has 4 nitrogen and oxygen atoms in total. The van der Waals surface area contributed by atoms with Crippen LogP contribution in [0, 0.1) is 11.8 Å². The molecule has 0 atom stereocenters. The Labute approximate surface area is 235 Å². The smallest absolute Gasteiger partial charge is 0.306 e. The molecule has 0 fully saturated rings. The lowest BCUT2D eigenvalue weighted by atomic mass is 10.0. The molecule has 0 unspecified atom stereocenters. The van der Waals surface area contributed by atoms with Gasteiger partial charge in [0.15, 0.2) is 0 Å². The van der Waals surface area contributed by atoms with E-state index >= 15 is 0 Å². The molecule has 0 aromatic rings. The Morgan fingerprint density at radius 2 is 0.784 bits per heavy atom. The lowest BCUT2D eigenvalue weighted by Crippen LogP contribution is -2.09. The maximum Gasteiger partial charge on any atom is 0.306 e. The van der Waals surface area contributed by atoms with Gasteiger partial charge in [-0.15, -0.1) is 0 Å². The summed E-state index contributed by atoms with van der Waals surface area (Å²) in [5.74, 6) is 2.85. The van der Waals surface area contributed by atoms with Gasteiger partial charge < -0.3 is 9.47 Å². The van der Waals surface area contributed by atoms with Gasteiger partial charge in [0.1, 0.15) is 0 Å². The molecule has 0 radical (unpaired) electrons. The van der Waals surface area contributed by atoms with E-state index in [0.29, 0.717) is 37.6 Å². The van der Waals surface area contributed by atoms with Crippen molar-refractivity contribution >= 4 is 23.7 Å². The third-order valence-corrected chi connectivity index (χ3v) is 7.76. The van der Waals surface area contributed by atoms with Crippen molar-refractivity contribution < 1.29 is 19.1 Å². The summed E-state index contributed by atoms with van der Waals surface area (Å²) in [5.41, 5.74) is 0. The van der Waals surface area contributed by atoms with E-state index in [4.69, 9.17) is 9.47 Å². The van der Waals surface area contributed by atoms with Gasteiger partial charge in [-0.25, -0.2) is 0 Å². The van der Waals surface area contributed by atoms with Crippen LogP contribution in [0.3, 0.4) is 0 Å². The second-order valence-electron chi connectivity index (χ2n) is 11.6. The third kappa shape index (κ3) is 31.4. The van der Waals surface area contributed by atoms with Crippen LogP contribution in [-0.2, 0) is 19.1 Å². The first-order chi connectivity index (χ1) is 17.9. The Morgan fingerprint density at radius 3 is 1.11 bits per heavy atom. The molecule has 0 bridgehead atoms. The zero-order valence-corrected chi connectivity index (χ0v) is 26.0. The minimum Gasteiger partial charge on any atom is -0.466 e. The number of rotatable bonds is 28. The van der Waals surface area contributed by atoms with Crippen LogP contribution < -0.4 is 0 Å². The minimum absolute atomic E-state index is 0.115. The van der Waals surface area contributed by atoms with E-state index in [-0.39, 0.29) is 11.9 Å². The van der Waals surface area contributed by atoms with Crippen LogP contribution in [0.1, 0.15) is 156 Å². The van der Waals surface area contributed by atoms with Crippen molar-refractivity contribution in [3.63, 3.8) is 0 Å². The van der Waals surface area contributed by atoms with Crippen molar-refractivity contribution in [1.29, 1.82) is 0 Å². The highest BCUT2D eigenvalue weighted by Crippen LogP contribution is 2.14. The van der Waals surface area contributed by atoms with Gasteiger partial charge in [-0.2, -0.15) is 11.8 Å². The average Bonchev–Trinajstić information content (AvgIpc) is 2.85. The van der Waals surface area contributed by atoms with E-state index in [1.165, 1.54) is 89.9 Å². The van der Waals surface area contributed by atoms with Crippen molar-refractivity contribution in [3.05, 3.63) is 0 Å². The van der Waals surface area contributed by atoms with Gasteiger partial charge in [-0.05, 0) is 24.7 Å². The van der Waals surface area contributed by atoms with Crippen molar-refractivity contribution in [3.8, 4) is 0 Å². The molecular formula is C32H62O4S. The molecule has 5 heteroatoms. The Balaban J connectivity index is 3.29. The highest BCUT2D eigenvalue weighted by atomic mass is 32.2. The Kier molecular flexibility index (Phi) is 27.8. The summed E-state index contributed by atoms with van der Waals surface area (Å²) in [6.45, 7) is 10.3. The molecule has 0 aromatic heterocycles. The van der Waals surface area contributed by atoms with Crippen molar-refractivity contribution in [2.75, 3.05) is 24.7 Å². The van der Waals surface area contributed by atoms with Crippen LogP contribution >= 0.6 is 11.8 Å². The summed E-state index contributed by atoms with van der Waals surface area (Å²) in [5, 5.41) is 0. The first kappa shape index (κ1) is 36.3. The monoisotopic (exact) mass is 542 g/mol. The van der Waals surface area contributed by atoms with Crippen molar-refractivity contribution in [2.24, 2.45) is 11.8 Å². The summed E-state index contributed by atoms with van der Waals surface area (Å²) in [6, 6.07) is 0. The van der Waals surface area contributed by atoms with Crippen LogP contribution in [0.2, 0.25) is 0 Å². The number of unbranched alkanes of at least 4 members (excludes halogenated alkanes) is 14. The van der Waals surface area contributed by atoms with E-state index in [9.17, 15) is 9.59 Å². The normalized spacial score (nSPS) is 11.4. The summed E-state index contributed by atoms with van der Waals surface area (Å²) >= 11 is 1.63. The Morgan fingerprint density at radius 1 is 0.486 bits per heavy atom. The largest absolute Gasteiger partial charge is 0.466 e. The van der Waals surface area contributed by atoms with Crippen LogP contribution in [0.5, 0.6) is 0 Å². The van der Waals surface area contributed by atoms with Crippen LogP contribution in [-0.4, -0.2) is 36.7 Å². The van der Waals surface area contributed by atoms with E-state index in [1.54, 1.807) is 11.8 Å². The van der Waals surface area contributed by atoms with Gasteiger partial charge in [0.2, 0.25) is 0 Å². The molecule has 0 spiro atoms. The number of esters is 2. The van der Waals surface area contributed by atoms with E-state index < -0.39 is 0 Å². The molecule has 0 aliphatic heterocycles. The average molecular weight is 543 g/mol. The van der Waals surface area contributed by atoms with Gasteiger partial charge in [-0.3, -0.25) is 9.59 Å². The summed E-state index contributed by atoms with van der Waals surface area (Å²) in [6.07, 6.45) is 23.7. The zero-order valence-electron chi connectivity index (χ0n) is 25.2. The predicted molar refractivity (Wildman–Crippen MR) is 161 cm³/mol. The lowest BCUT2D eigenvalue weighted by Gasteiger charge is -2.07. The summed E-state index contributed by atoms with van der Waals surface area (Å²) in [4.78, 5) is 23.7. The highest BCUT2D eigenvalue weighted by Gasteiger charge is 2.06. The molecule has 37 heavy (non-hydrogen) atoms. The van der Waals surface area contributed by atoms with Crippen molar-refractivity contribution in [2.45, 2.75) is 156 Å². The maximum atomic E-state index is 11.8. The molecule has 0 saturated carbocycles. The summed E-state index contributed by atoms with van der Waals surface area (Å²) < 4.78 is 10.7. The third-order valence-electron chi connectivity index (χ3n) is 6.78. The van der Waals surface area contributed by atoms with E-state index in [0.717, 1.165) is 37.5 Å². The van der Waals surface area contributed by atoms with Crippen molar-refractivity contribution in [1.82, 2.24) is 0 Å². The molecular weight excluding hydrogens is 480 g/mol. The fourth-order valence-corrected chi connectivity index (χ4v) is 5.19. The molecule has 0 amide bonds. The number of hydrogen-bond donors (Lipinski definition) is 0. The molecule has 220 valence electrons. The zero-order chi connectivity index (χ0) is 27.4. The Hall–Kier alpha value is -0.710. The van der Waals surface area contributed by atoms with Gasteiger partial charge in [0.05, 0.1) is 26.1 Å². The number of ether oxygens (including phenoxy) is 2. The lowest BCUT2D eigenvalue weighted by molar-refractivity contribution is -0.144.